The predicted molar refractivity (Wildman–Crippen MR) is 135 cm³/mol. The number of nitrogens with one attached hydrogen (secondary N) is 3. The maximum atomic E-state index is 4.97. The van der Waals surface area contributed by atoms with Gasteiger partial charge in [-0.3, -0.25) is 10.1 Å². The molecule has 6 rings (SSSR count). The van der Waals surface area contributed by atoms with Gasteiger partial charge in [0.25, 0.3) is 0 Å². The minimum Gasteiger partial charge on any atom is -0.353 e. The summed E-state index contributed by atoms with van der Waals surface area (Å²) in [5.74, 6) is 0. The van der Waals surface area contributed by atoms with Crippen LogP contribution in [0.25, 0.3) is 55.7 Å². The molecule has 0 amide bonds. The Kier molecular flexibility index (Phi) is 4.97. The third-order valence-electron chi connectivity index (χ3n) is 5.83. The van der Waals surface area contributed by atoms with Crippen LogP contribution in [0.2, 0.25) is 0 Å². The number of H-pyrrole nitrogens is 2. The van der Waals surface area contributed by atoms with Gasteiger partial charge < -0.3 is 10.3 Å². The van der Waals surface area contributed by atoms with Crippen molar-refractivity contribution < 1.29 is 0 Å². The second-order valence-corrected chi connectivity index (χ2v) is 8.77. The van der Waals surface area contributed by atoms with Crippen LogP contribution in [0.3, 0.4) is 0 Å². The van der Waals surface area contributed by atoms with Crippen molar-refractivity contribution in [2.24, 2.45) is 0 Å². The molecule has 0 spiro atoms. The van der Waals surface area contributed by atoms with Gasteiger partial charge >= 0.3 is 0 Å². The third kappa shape index (κ3) is 3.61. The topological polar surface area (TPSA) is 82.3 Å². The van der Waals surface area contributed by atoms with Crippen molar-refractivity contribution in [3.05, 3.63) is 77.2 Å². The molecule has 5 aromatic heterocycles. The normalized spacial score (nSPS) is 11.5. The Morgan fingerprint density at radius 3 is 2.85 bits per heavy atom. The van der Waals surface area contributed by atoms with Crippen LogP contribution in [0.1, 0.15) is 12.5 Å². The van der Waals surface area contributed by atoms with Gasteiger partial charge in [-0.15, -0.1) is 0 Å². The molecule has 0 radical (unpaired) electrons. The number of nitrogens with zero attached hydrogens (tertiary/aromatic N) is 3. The number of rotatable bonds is 6. The van der Waals surface area contributed by atoms with Gasteiger partial charge in [0.2, 0.25) is 0 Å². The summed E-state index contributed by atoms with van der Waals surface area (Å²) >= 11 is 1.71. The molecular weight excluding hydrogens is 428 g/mol. The van der Waals surface area contributed by atoms with Crippen molar-refractivity contribution in [3.63, 3.8) is 0 Å². The lowest BCUT2D eigenvalue weighted by atomic mass is 10.0. The number of thiophene rings is 1. The summed E-state index contributed by atoms with van der Waals surface area (Å²) in [6, 6.07) is 16.9. The van der Waals surface area contributed by atoms with E-state index in [2.05, 4.69) is 79.6 Å². The Balaban J connectivity index is 1.44. The number of aromatic amines is 2. The quantitative estimate of drug-likeness (QED) is 0.290. The predicted octanol–water partition coefficient (Wildman–Crippen LogP) is 6.01. The maximum absolute atomic E-state index is 4.97. The fraction of sp³-hybridized carbons (Fsp3) is 0.115. The van der Waals surface area contributed by atoms with E-state index in [4.69, 9.17) is 4.98 Å². The van der Waals surface area contributed by atoms with E-state index in [1.165, 1.54) is 16.5 Å². The Morgan fingerprint density at radius 1 is 1.00 bits per heavy atom. The lowest BCUT2D eigenvalue weighted by Crippen LogP contribution is -2.11. The van der Waals surface area contributed by atoms with Crippen molar-refractivity contribution in [3.8, 4) is 33.8 Å². The zero-order valence-electron chi connectivity index (χ0n) is 18.1. The number of fused-ring (bicyclic) bond motifs is 2. The highest BCUT2D eigenvalue weighted by atomic mass is 32.1. The molecule has 0 aliphatic heterocycles. The smallest absolute Gasteiger partial charge is 0.135 e. The average molecular weight is 451 g/mol. The maximum Gasteiger partial charge on any atom is 0.135 e. The van der Waals surface area contributed by atoms with Crippen LogP contribution in [0, 0.1) is 0 Å². The van der Waals surface area contributed by atoms with Gasteiger partial charge in [-0.25, -0.2) is 4.98 Å². The molecule has 0 unspecified atom stereocenters. The number of hydrogen-bond acceptors (Lipinski definition) is 5. The van der Waals surface area contributed by atoms with Gasteiger partial charge in [-0.05, 0) is 70.4 Å². The molecule has 0 saturated heterocycles. The highest BCUT2D eigenvalue weighted by Gasteiger charge is 2.15. The Hall–Kier alpha value is -3.81. The van der Waals surface area contributed by atoms with E-state index in [1.54, 1.807) is 11.3 Å². The van der Waals surface area contributed by atoms with Gasteiger partial charge in [0.15, 0.2) is 0 Å². The van der Waals surface area contributed by atoms with Crippen molar-refractivity contribution in [2.45, 2.75) is 13.5 Å². The molecular formula is C26H22N6S. The molecule has 6 aromatic rings. The number of pyridine rings is 2. The lowest BCUT2D eigenvalue weighted by molar-refractivity contribution is 0.724. The van der Waals surface area contributed by atoms with Crippen LogP contribution in [0.5, 0.6) is 0 Å². The first-order valence-corrected chi connectivity index (χ1v) is 11.9. The standard InChI is InChI=1S/C26H22N6S/c1-2-27-12-16-10-18(14-28-13-16)21-6-7-23-25(30-21)26(32-31-23)24-11-20-19(17-8-9-33-15-17)4-3-5-22(20)29-24/h3-11,13-15,27,29H,2,12H2,1H3,(H,31,32). The molecule has 33 heavy (non-hydrogen) atoms. The summed E-state index contributed by atoms with van der Waals surface area (Å²) in [6.45, 7) is 3.81. The molecule has 0 aliphatic carbocycles. The van der Waals surface area contributed by atoms with E-state index in [0.29, 0.717) is 0 Å². The molecule has 1 aromatic carbocycles. The second-order valence-electron chi connectivity index (χ2n) is 7.99. The SMILES string of the molecule is CCNCc1cncc(-c2ccc3[nH]nc(-c4cc5c(-c6ccsc6)cccc5[nH]4)c3n2)c1. The molecule has 162 valence electrons. The van der Waals surface area contributed by atoms with E-state index >= 15 is 0 Å². The molecule has 5 heterocycles. The van der Waals surface area contributed by atoms with Crippen LogP contribution in [-0.2, 0) is 6.54 Å². The molecule has 0 atom stereocenters. The Bertz CT molecular complexity index is 1560. The summed E-state index contributed by atoms with van der Waals surface area (Å²) < 4.78 is 0. The second kappa shape index (κ2) is 8.27. The lowest BCUT2D eigenvalue weighted by Gasteiger charge is -2.05. The minimum atomic E-state index is 0.790. The summed E-state index contributed by atoms with van der Waals surface area (Å²) in [7, 11) is 0. The summed E-state index contributed by atoms with van der Waals surface area (Å²) in [4.78, 5) is 12.9. The molecule has 0 saturated carbocycles. The van der Waals surface area contributed by atoms with Crippen LogP contribution in [-0.4, -0.2) is 31.7 Å². The monoisotopic (exact) mass is 450 g/mol. The number of benzene rings is 1. The van der Waals surface area contributed by atoms with Crippen LogP contribution in [0.4, 0.5) is 0 Å². The minimum absolute atomic E-state index is 0.790. The molecule has 6 nitrogen and oxygen atoms in total. The van der Waals surface area contributed by atoms with E-state index in [1.807, 2.05) is 24.5 Å². The third-order valence-corrected chi connectivity index (χ3v) is 6.51. The Labute approximate surface area is 194 Å². The van der Waals surface area contributed by atoms with Crippen molar-refractivity contribution in [1.29, 1.82) is 0 Å². The largest absolute Gasteiger partial charge is 0.353 e. The van der Waals surface area contributed by atoms with Crippen molar-refractivity contribution in [1.82, 2.24) is 30.5 Å². The zero-order chi connectivity index (χ0) is 22.2. The fourth-order valence-corrected chi connectivity index (χ4v) is 4.85. The first-order valence-electron chi connectivity index (χ1n) is 10.9. The van der Waals surface area contributed by atoms with Crippen molar-refractivity contribution in [2.75, 3.05) is 6.54 Å². The van der Waals surface area contributed by atoms with E-state index in [0.717, 1.165) is 57.8 Å². The van der Waals surface area contributed by atoms with Crippen LogP contribution < -0.4 is 5.32 Å². The van der Waals surface area contributed by atoms with E-state index in [-0.39, 0.29) is 0 Å². The number of aromatic nitrogens is 5. The van der Waals surface area contributed by atoms with Crippen LogP contribution >= 0.6 is 11.3 Å². The Morgan fingerprint density at radius 2 is 1.97 bits per heavy atom. The van der Waals surface area contributed by atoms with Gasteiger partial charge in [-0.2, -0.15) is 16.4 Å². The average Bonchev–Trinajstić information content (AvgIpc) is 3.61. The first-order chi connectivity index (χ1) is 16.3. The number of hydrogen-bond donors (Lipinski definition) is 3. The molecule has 0 bridgehead atoms. The van der Waals surface area contributed by atoms with E-state index in [9.17, 15) is 0 Å². The summed E-state index contributed by atoms with van der Waals surface area (Å²) in [5, 5.41) is 16.6. The van der Waals surface area contributed by atoms with E-state index < -0.39 is 0 Å². The molecule has 0 fully saturated rings. The van der Waals surface area contributed by atoms with Gasteiger partial charge in [0.05, 0.1) is 16.9 Å². The van der Waals surface area contributed by atoms with Crippen LogP contribution in [0.15, 0.2) is 71.7 Å². The fourth-order valence-electron chi connectivity index (χ4n) is 4.19. The highest BCUT2D eigenvalue weighted by Crippen LogP contribution is 2.34. The summed E-state index contributed by atoms with van der Waals surface area (Å²) in [6.07, 6.45) is 3.75. The highest BCUT2D eigenvalue weighted by molar-refractivity contribution is 7.08. The van der Waals surface area contributed by atoms with Gasteiger partial charge in [-0.1, -0.05) is 19.1 Å². The summed E-state index contributed by atoms with van der Waals surface area (Å²) in [5.41, 5.74) is 10.1. The molecule has 3 N–H and O–H groups in total. The van der Waals surface area contributed by atoms with Gasteiger partial charge in [0, 0.05) is 35.4 Å². The van der Waals surface area contributed by atoms with Crippen molar-refractivity contribution >= 4 is 33.3 Å². The first kappa shape index (κ1) is 19.8. The molecule has 0 aliphatic rings. The molecule has 7 heteroatoms. The van der Waals surface area contributed by atoms with Gasteiger partial charge in [0.1, 0.15) is 11.2 Å². The zero-order valence-corrected chi connectivity index (χ0v) is 18.9.